The fourth-order valence-corrected chi connectivity index (χ4v) is 2.62. The molecule has 0 spiro atoms. The zero-order valence-electron chi connectivity index (χ0n) is 10.5. The van der Waals surface area contributed by atoms with Gasteiger partial charge >= 0.3 is 11.8 Å². The Morgan fingerprint density at radius 2 is 1.94 bits per heavy atom. The highest BCUT2D eigenvalue weighted by Crippen LogP contribution is 2.31. The minimum atomic E-state index is -1.63. The summed E-state index contributed by atoms with van der Waals surface area (Å²) in [4.78, 5) is 0. The van der Waals surface area contributed by atoms with Crippen LogP contribution in [0.15, 0.2) is 28.9 Å². The van der Waals surface area contributed by atoms with Crippen molar-refractivity contribution in [2.24, 2.45) is 0 Å². The molecule has 0 saturated carbocycles. The van der Waals surface area contributed by atoms with Crippen molar-refractivity contribution in [3.8, 4) is 5.75 Å². The highest BCUT2D eigenvalue weighted by atomic mass is 35.5. The number of fused-ring (bicyclic) bond motifs is 1. The fourth-order valence-electron chi connectivity index (χ4n) is 1.62. The van der Waals surface area contributed by atoms with Crippen LogP contribution in [0.2, 0.25) is 24.7 Å². The lowest BCUT2D eigenvalue weighted by molar-refractivity contribution is 0.545. The molecular formula is C13H16ClO2Si+. The molecule has 0 radical (unpaired) electrons. The summed E-state index contributed by atoms with van der Waals surface area (Å²) in [6, 6.07) is 5.70. The van der Waals surface area contributed by atoms with Gasteiger partial charge in [-0.1, -0.05) is 11.6 Å². The third kappa shape index (κ3) is 2.79. The van der Waals surface area contributed by atoms with Gasteiger partial charge in [-0.15, -0.1) is 0 Å². The lowest BCUT2D eigenvalue weighted by atomic mass is 10.1. The van der Waals surface area contributed by atoms with Gasteiger partial charge in [0.2, 0.25) is 8.32 Å². The van der Waals surface area contributed by atoms with E-state index in [2.05, 4.69) is 19.6 Å². The predicted molar refractivity (Wildman–Crippen MR) is 74.3 cm³/mol. The Hall–Kier alpha value is -1.06. The number of rotatable bonds is 2. The van der Waals surface area contributed by atoms with E-state index in [1.807, 2.05) is 25.1 Å². The van der Waals surface area contributed by atoms with Crippen molar-refractivity contribution in [2.75, 3.05) is 0 Å². The molecule has 2 nitrogen and oxygen atoms in total. The van der Waals surface area contributed by atoms with Crippen molar-refractivity contribution in [1.29, 1.82) is 0 Å². The number of hydrogen-bond donors (Lipinski definition) is 0. The Morgan fingerprint density at radius 3 is 2.59 bits per heavy atom. The topological polar surface area (TPSA) is 20.5 Å². The third-order valence-corrected chi connectivity index (χ3v) is 3.60. The molecule has 0 aliphatic rings. The van der Waals surface area contributed by atoms with Crippen molar-refractivity contribution in [1.82, 2.24) is 0 Å². The van der Waals surface area contributed by atoms with E-state index >= 15 is 0 Å². The molecule has 0 N–H and O–H groups in total. The van der Waals surface area contributed by atoms with Crippen LogP contribution >= 0.6 is 11.6 Å². The Bertz CT molecular complexity index is 561. The van der Waals surface area contributed by atoms with Crippen LogP contribution in [0.4, 0.5) is 0 Å². The fraction of sp³-hybridized carbons (Fsp3) is 0.308. The number of halogens is 1. The van der Waals surface area contributed by atoms with Crippen LogP contribution < -0.4 is 4.43 Å². The van der Waals surface area contributed by atoms with Crippen LogP contribution in [-0.4, -0.2) is 8.32 Å². The molecule has 0 aliphatic heterocycles. The summed E-state index contributed by atoms with van der Waals surface area (Å²) in [6.07, 6.45) is 1.66. The van der Waals surface area contributed by atoms with Gasteiger partial charge in [0, 0.05) is 11.1 Å². The van der Waals surface area contributed by atoms with Crippen LogP contribution in [0.1, 0.15) is 5.56 Å². The van der Waals surface area contributed by atoms with Gasteiger partial charge in [-0.2, -0.15) is 0 Å². The van der Waals surface area contributed by atoms with Gasteiger partial charge in [-0.25, -0.2) is 4.42 Å². The van der Waals surface area contributed by atoms with E-state index in [1.165, 1.54) is 0 Å². The van der Waals surface area contributed by atoms with Gasteiger partial charge in [0.15, 0.2) is 0 Å². The first kappa shape index (κ1) is 12.4. The van der Waals surface area contributed by atoms with Gasteiger partial charge in [0.25, 0.3) is 0 Å². The molecule has 1 aromatic carbocycles. The van der Waals surface area contributed by atoms with Crippen molar-refractivity contribution in [2.45, 2.75) is 26.6 Å². The monoisotopic (exact) mass is 267 g/mol. The molecule has 0 bridgehead atoms. The van der Waals surface area contributed by atoms with E-state index in [0.29, 0.717) is 0 Å². The van der Waals surface area contributed by atoms with Gasteiger partial charge in [0.1, 0.15) is 11.1 Å². The van der Waals surface area contributed by atoms with Crippen LogP contribution in [0.25, 0.3) is 11.0 Å². The summed E-state index contributed by atoms with van der Waals surface area (Å²) in [5, 5.41) is 1.67. The van der Waals surface area contributed by atoms with E-state index in [-0.39, 0.29) is 0 Å². The molecule has 0 amide bonds. The first-order chi connectivity index (χ1) is 7.87. The number of aryl methyl sites for hydroxylation is 1. The summed E-state index contributed by atoms with van der Waals surface area (Å²) in [5.74, 6) is 0.854. The quantitative estimate of drug-likeness (QED) is 0.570. The average molecular weight is 268 g/mol. The lowest BCUT2D eigenvalue weighted by Gasteiger charge is -2.18. The van der Waals surface area contributed by atoms with Crippen molar-refractivity contribution in [3.63, 3.8) is 0 Å². The Morgan fingerprint density at radius 1 is 1.24 bits per heavy atom. The highest BCUT2D eigenvalue weighted by Gasteiger charge is 2.21. The van der Waals surface area contributed by atoms with Gasteiger partial charge in [0.05, 0.1) is 6.07 Å². The van der Waals surface area contributed by atoms with E-state index < -0.39 is 8.32 Å². The second kappa shape index (κ2) is 4.31. The van der Waals surface area contributed by atoms with E-state index in [1.54, 1.807) is 6.26 Å². The number of hydrogen-bond acceptors (Lipinski definition) is 1. The summed E-state index contributed by atoms with van der Waals surface area (Å²) < 4.78 is 11.5. The molecule has 1 aromatic heterocycles. The normalized spacial score (nSPS) is 11.8. The molecule has 0 saturated heterocycles. The molecule has 1 heterocycles. The second-order valence-electron chi connectivity index (χ2n) is 5.10. The second-order valence-corrected chi connectivity index (χ2v) is 9.93. The first-order valence-electron chi connectivity index (χ1n) is 5.56. The molecule has 17 heavy (non-hydrogen) atoms. The van der Waals surface area contributed by atoms with Crippen molar-refractivity contribution in [3.05, 3.63) is 35.0 Å². The van der Waals surface area contributed by atoms with Gasteiger partial charge < -0.3 is 4.43 Å². The maximum atomic E-state index is 6.14. The molecule has 4 heteroatoms. The van der Waals surface area contributed by atoms with Gasteiger partial charge in [-0.05, 0) is 38.2 Å². The maximum Gasteiger partial charge on any atom is 0.363 e. The van der Waals surface area contributed by atoms with Crippen LogP contribution in [0.5, 0.6) is 5.75 Å². The summed E-state index contributed by atoms with van der Waals surface area (Å²) in [5.41, 5.74) is 1.82. The van der Waals surface area contributed by atoms with Crippen LogP contribution in [0, 0.1) is 6.92 Å². The molecule has 0 atom stereocenters. The molecule has 0 aliphatic carbocycles. The minimum Gasteiger partial charge on any atom is -0.543 e. The minimum absolute atomic E-state index is 0.735. The summed E-state index contributed by atoms with van der Waals surface area (Å²) >= 11 is 6.14. The lowest BCUT2D eigenvalue weighted by Crippen LogP contribution is -2.29. The van der Waals surface area contributed by atoms with Crippen LogP contribution in [-0.2, 0) is 0 Å². The molecular weight excluding hydrogens is 252 g/mol. The predicted octanol–water partition coefficient (Wildman–Crippen LogP) is 4.89. The van der Waals surface area contributed by atoms with Gasteiger partial charge in [-0.3, -0.25) is 0 Å². The van der Waals surface area contributed by atoms with Crippen LogP contribution in [0.3, 0.4) is 0 Å². The maximum absolute atomic E-state index is 6.14. The molecule has 90 valence electrons. The third-order valence-electron chi connectivity index (χ3n) is 2.36. The van der Waals surface area contributed by atoms with E-state index in [4.69, 9.17) is 20.4 Å². The standard InChI is InChI=1S/C13H16ClO2Si/c1-9-7-13-10(8-11(9)14)12(5-6-15-13)16-17(2,3)4/h5-8H,1-4H3/q+1. The average Bonchev–Trinajstić information content (AvgIpc) is 2.19. The van der Waals surface area contributed by atoms with Crippen molar-refractivity contribution < 1.29 is 8.84 Å². The Labute approximate surface area is 107 Å². The summed E-state index contributed by atoms with van der Waals surface area (Å²) in [6.45, 7) is 8.42. The molecule has 0 unspecified atom stereocenters. The smallest absolute Gasteiger partial charge is 0.363 e. The largest absolute Gasteiger partial charge is 0.543 e. The van der Waals surface area contributed by atoms with Crippen molar-refractivity contribution >= 4 is 30.9 Å². The molecule has 2 rings (SSSR count). The summed E-state index contributed by atoms with van der Waals surface area (Å²) in [7, 11) is -1.63. The molecule has 2 aromatic rings. The highest BCUT2D eigenvalue weighted by molar-refractivity contribution is 6.70. The molecule has 0 fully saturated rings. The zero-order chi connectivity index (χ0) is 12.6. The Balaban J connectivity index is 2.61. The SMILES string of the molecule is Cc1cc2[o+]ccc(O[Si](C)(C)C)c2cc1Cl. The zero-order valence-corrected chi connectivity index (χ0v) is 12.3. The Kier molecular flexibility index (Phi) is 3.14. The van der Waals surface area contributed by atoms with E-state index in [9.17, 15) is 0 Å². The van der Waals surface area contributed by atoms with E-state index in [0.717, 1.165) is 27.3 Å². The number of benzene rings is 1. The first-order valence-corrected chi connectivity index (χ1v) is 9.35.